The molecule has 0 aliphatic carbocycles. The Morgan fingerprint density at radius 3 is 1.90 bits per heavy atom. The minimum Gasteiger partial charge on any atom is -0.453 e. The number of aromatic amines is 2. The van der Waals surface area contributed by atoms with E-state index in [2.05, 4.69) is 35.9 Å². The van der Waals surface area contributed by atoms with Gasteiger partial charge in [-0.15, -0.1) is 0 Å². The first-order chi connectivity index (χ1) is 28.2. The lowest BCUT2D eigenvalue weighted by atomic mass is 10.1. The number of nitrogens with zero attached hydrogens (tertiary/aromatic N) is 4. The number of benzene rings is 3. The van der Waals surface area contributed by atoms with Crippen LogP contribution in [0.3, 0.4) is 0 Å². The summed E-state index contributed by atoms with van der Waals surface area (Å²) in [5.41, 5.74) is 6.25. The number of carbonyl (C=O) groups is 4. The molecule has 1 aliphatic rings. The van der Waals surface area contributed by atoms with Crippen molar-refractivity contribution in [2.24, 2.45) is 0 Å². The van der Waals surface area contributed by atoms with E-state index < -0.39 is 36.2 Å². The fraction of sp³-hybridized carbons (Fsp3) is 0.233. The van der Waals surface area contributed by atoms with E-state index in [1.165, 1.54) is 14.2 Å². The third-order valence-electron chi connectivity index (χ3n) is 10.0. The average molecular weight is 782 g/mol. The molecule has 15 heteroatoms. The molecule has 0 radical (unpaired) electrons. The van der Waals surface area contributed by atoms with Crippen LogP contribution in [0.2, 0.25) is 0 Å². The monoisotopic (exact) mass is 781 g/mol. The van der Waals surface area contributed by atoms with Gasteiger partial charge in [-0.05, 0) is 48.6 Å². The molecule has 4 heterocycles. The van der Waals surface area contributed by atoms with Gasteiger partial charge in [-0.2, -0.15) is 0 Å². The van der Waals surface area contributed by atoms with Crippen molar-refractivity contribution in [1.82, 2.24) is 45.8 Å². The van der Waals surface area contributed by atoms with Crippen LogP contribution in [0.15, 0.2) is 116 Å². The summed E-state index contributed by atoms with van der Waals surface area (Å²) in [4.78, 5) is 73.6. The second-order valence-corrected chi connectivity index (χ2v) is 13.8. The Kier molecular flexibility index (Phi) is 11.9. The zero-order valence-corrected chi connectivity index (χ0v) is 32.1. The van der Waals surface area contributed by atoms with Crippen LogP contribution in [0.4, 0.5) is 9.59 Å². The Hall–Kier alpha value is -7.29. The standard InChI is InChI=1S/C43H43N9O6/c1-26(47-40(53)36(50-42(55)57-2)29-11-6-4-7-12-29)38-45-24-33(48-38)28-18-16-27(17-19-28)32-21-20-31(23-44-32)34-25-46-39(49-34)35-15-10-22-52(35)41(54)37(51-43(56)58-3)30-13-8-5-9-14-30/h4-9,11-14,16-21,23-26,35-37H,10,15,22H2,1-3H3,(H,45,48)(H,46,49)(H,47,53)(H,50,55)(H,51,56)/t26-,35-,36+,37+/m0/s1. The number of methoxy groups -OCH3 is 2. The number of ether oxygens (including phenoxy) is 2. The van der Waals surface area contributed by atoms with Gasteiger partial charge in [0, 0.05) is 23.9 Å². The highest BCUT2D eigenvalue weighted by Crippen LogP contribution is 2.34. The molecule has 0 unspecified atom stereocenters. The molecule has 58 heavy (non-hydrogen) atoms. The molecule has 296 valence electrons. The van der Waals surface area contributed by atoms with E-state index >= 15 is 0 Å². The first-order valence-electron chi connectivity index (χ1n) is 18.8. The van der Waals surface area contributed by atoms with E-state index in [9.17, 15) is 19.2 Å². The summed E-state index contributed by atoms with van der Waals surface area (Å²) in [6.07, 6.45) is 5.37. The minimum absolute atomic E-state index is 0.232. The normalized spacial score (nSPS) is 15.2. The van der Waals surface area contributed by atoms with Crippen LogP contribution < -0.4 is 16.0 Å². The summed E-state index contributed by atoms with van der Waals surface area (Å²) >= 11 is 0. The Morgan fingerprint density at radius 1 is 0.672 bits per heavy atom. The molecule has 0 saturated carbocycles. The summed E-state index contributed by atoms with van der Waals surface area (Å²) in [7, 11) is 2.51. The molecular weight excluding hydrogens is 739 g/mol. The molecule has 1 saturated heterocycles. The molecule has 1 aliphatic heterocycles. The van der Waals surface area contributed by atoms with E-state index in [1.807, 2.05) is 67.6 Å². The first-order valence-corrected chi connectivity index (χ1v) is 18.8. The second kappa shape index (κ2) is 17.7. The lowest BCUT2D eigenvalue weighted by Gasteiger charge is -2.28. The molecule has 5 N–H and O–H groups in total. The van der Waals surface area contributed by atoms with E-state index in [0.717, 1.165) is 46.6 Å². The summed E-state index contributed by atoms with van der Waals surface area (Å²) in [6.45, 7) is 2.34. The van der Waals surface area contributed by atoms with Gasteiger partial charge in [-0.3, -0.25) is 14.6 Å². The van der Waals surface area contributed by atoms with Gasteiger partial charge in [0.2, 0.25) is 5.91 Å². The minimum atomic E-state index is -0.948. The maximum Gasteiger partial charge on any atom is 0.407 e. The predicted octanol–water partition coefficient (Wildman–Crippen LogP) is 6.56. The van der Waals surface area contributed by atoms with E-state index in [1.54, 1.807) is 59.9 Å². The van der Waals surface area contributed by atoms with E-state index in [-0.39, 0.29) is 11.9 Å². The number of amides is 4. The molecule has 6 aromatic rings. The predicted molar refractivity (Wildman–Crippen MR) is 215 cm³/mol. The average Bonchev–Trinajstić information content (AvgIpc) is 4.07. The van der Waals surface area contributed by atoms with E-state index in [4.69, 9.17) is 14.5 Å². The summed E-state index contributed by atoms with van der Waals surface area (Å²) in [6, 6.07) is 27.2. The third-order valence-corrected chi connectivity index (χ3v) is 10.0. The fourth-order valence-corrected chi connectivity index (χ4v) is 6.98. The van der Waals surface area contributed by atoms with Crippen LogP contribution in [0.1, 0.15) is 66.7 Å². The zero-order valence-electron chi connectivity index (χ0n) is 32.1. The van der Waals surface area contributed by atoms with Crippen molar-refractivity contribution in [2.75, 3.05) is 20.8 Å². The van der Waals surface area contributed by atoms with Gasteiger partial charge in [0.15, 0.2) is 0 Å². The Labute approximate surface area is 334 Å². The Morgan fingerprint density at radius 2 is 1.26 bits per heavy atom. The van der Waals surface area contributed by atoms with Gasteiger partial charge in [0.05, 0.1) is 55.8 Å². The van der Waals surface area contributed by atoms with Gasteiger partial charge in [0.1, 0.15) is 23.7 Å². The molecule has 3 aromatic heterocycles. The third kappa shape index (κ3) is 8.73. The van der Waals surface area contributed by atoms with Gasteiger partial charge < -0.3 is 40.3 Å². The number of alkyl carbamates (subject to hydrolysis) is 2. The molecule has 4 amide bonds. The van der Waals surface area contributed by atoms with Crippen molar-refractivity contribution in [3.8, 4) is 33.8 Å². The molecule has 3 aromatic carbocycles. The number of aromatic nitrogens is 5. The highest BCUT2D eigenvalue weighted by molar-refractivity contribution is 5.88. The Balaban J connectivity index is 0.990. The first kappa shape index (κ1) is 39.0. The van der Waals surface area contributed by atoms with Crippen molar-refractivity contribution in [3.05, 3.63) is 138 Å². The van der Waals surface area contributed by atoms with Gasteiger partial charge in [-0.1, -0.05) is 84.9 Å². The number of hydrogen-bond acceptors (Lipinski definition) is 9. The van der Waals surface area contributed by atoms with Crippen LogP contribution >= 0.6 is 0 Å². The zero-order chi connectivity index (χ0) is 40.6. The van der Waals surface area contributed by atoms with Crippen molar-refractivity contribution in [3.63, 3.8) is 0 Å². The molecule has 15 nitrogen and oxygen atoms in total. The van der Waals surface area contributed by atoms with Gasteiger partial charge >= 0.3 is 12.2 Å². The van der Waals surface area contributed by atoms with Crippen molar-refractivity contribution in [2.45, 2.75) is 43.9 Å². The highest BCUT2D eigenvalue weighted by atomic mass is 16.5. The molecule has 0 spiro atoms. The maximum atomic E-state index is 13.9. The number of nitrogens with one attached hydrogen (secondary N) is 5. The van der Waals surface area contributed by atoms with Crippen molar-refractivity contribution < 1.29 is 28.7 Å². The lowest BCUT2D eigenvalue weighted by Crippen LogP contribution is -2.42. The summed E-state index contributed by atoms with van der Waals surface area (Å²) in [5, 5.41) is 8.21. The molecule has 1 fully saturated rings. The SMILES string of the molecule is COC(=O)N[C@@H](C(=O)N[C@@H](C)c1ncc(-c2ccc(-c3ccc(-c4cnc([C@@H]5CCCN5C(=O)[C@H](NC(=O)OC)c5ccccc5)[nH]4)cn3)cc2)[nH]1)c1ccccc1. The summed E-state index contributed by atoms with van der Waals surface area (Å²) < 4.78 is 9.54. The van der Waals surface area contributed by atoms with Crippen molar-refractivity contribution >= 4 is 24.0 Å². The number of imidazole rings is 2. The quantitative estimate of drug-likeness (QED) is 0.0913. The largest absolute Gasteiger partial charge is 0.453 e. The molecule has 4 atom stereocenters. The highest BCUT2D eigenvalue weighted by Gasteiger charge is 2.37. The van der Waals surface area contributed by atoms with Crippen LogP contribution in [0.25, 0.3) is 33.8 Å². The number of H-pyrrole nitrogens is 2. The number of pyridine rings is 1. The smallest absolute Gasteiger partial charge is 0.407 e. The summed E-state index contributed by atoms with van der Waals surface area (Å²) in [5.74, 6) is 0.574. The van der Waals surface area contributed by atoms with Crippen molar-refractivity contribution in [1.29, 1.82) is 0 Å². The molecule has 0 bridgehead atoms. The van der Waals surface area contributed by atoms with Gasteiger partial charge in [0.25, 0.3) is 5.91 Å². The topological polar surface area (TPSA) is 196 Å². The van der Waals surface area contributed by atoms with Crippen LogP contribution in [-0.4, -0.2) is 74.6 Å². The number of rotatable bonds is 12. The molecular formula is C43H43N9O6. The van der Waals surface area contributed by atoms with Gasteiger partial charge in [-0.25, -0.2) is 19.6 Å². The number of hydrogen-bond donors (Lipinski definition) is 5. The van der Waals surface area contributed by atoms with Crippen LogP contribution in [0, 0.1) is 0 Å². The Bertz CT molecular complexity index is 2350. The number of carbonyl (C=O) groups excluding carboxylic acids is 4. The van der Waals surface area contributed by atoms with Crippen LogP contribution in [-0.2, 0) is 19.1 Å². The van der Waals surface area contributed by atoms with Crippen LogP contribution in [0.5, 0.6) is 0 Å². The fourth-order valence-electron chi connectivity index (χ4n) is 6.98. The molecule has 7 rings (SSSR count). The lowest BCUT2D eigenvalue weighted by molar-refractivity contribution is -0.134. The second-order valence-electron chi connectivity index (χ2n) is 13.8. The number of likely N-dealkylation sites (tertiary alicyclic amines) is 1. The maximum absolute atomic E-state index is 13.9. The van der Waals surface area contributed by atoms with E-state index in [0.29, 0.717) is 29.3 Å².